The van der Waals surface area contributed by atoms with Crippen LogP contribution < -0.4 is 0 Å². The Morgan fingerprint density at radius 1 is 1.00 bits per heavy atom. The fourth-order valence-electron chi connectivity index (χ4n) is 1.81. The molecule has 4 heteroatoms. The molecule has 0 saturated carbocycles. The number of rotatable bonds is 2. The number of hydrogen-bond donors (Lipinski definition) is 0. The average molecular weight is 236 g/mol. The summed E-state index contributed by atoms with van der Waals surface area (Å²) in [5.74, 6) is 0.800. The van der Waals surface area contributed by atoms with Gasteiger partial charge in [0.15, 0.2) is 5.82 Å². The van der Waals surface area contributed by atoms with Crippen molar-refractivity contribution in [2.24, 2.45) is 0 Å². The third-order valence-corrected chi connectivity index (χ3v) is 2.75. The van der Waals surface area contributed by atoms with E-state index < -0.39 is 0 Å². The minimum atomic E-state index is 0.800. The predicted molar refractivity (Wildman–Crippen MR) is 69.3 cm³/mol. The number of para-hydroxylation sites is 1. The van der Waals surface area contributed by atoms with Crippen molar-refractivity contribution >= 4 is 0 Å². The Balaban J connectivity index is 2.10. The zero-order valence-corrected chi connectivity index (χ0v) is 9.99. The van der Waals surface area contributed by atoms with Crippen LogP contribution in [0.5, 0.6) is 0 Å². The highest BCUT2D eigenvalue weighted by Gasteiger charge is 2.08. The molecule has 0 aliphatic heterocycles. The summed E-state index contributed by atoms with van der Waals surface area (Å²) in [4.78, 5) is 4.29. The average Bonchev–Trinajstić information content (AvgIpc) is 2.90. The van der Waals surface area contributed by atoms with Gasteiger partial charge in [-0.1, -0.05) is 18.2 Å². The molecule has 0 unspecified atom stereocenters. The third kappa shape index (κ3) is 1.88. The van der Waals surface area contributed by atoms with E-state index >= 15 is 0 Å². The molecule has 0 atom stereocenters. The molecular weight excluding hydrogens is 224 g/mol. The summed E-state index contributed by atoms with van der Waals surface area (Å²) in [5.41, 5.74) is 2.99. The second kappa shape index (κ2) is 4.41. The third-order valence-electron chi connectivity index (χ3n) is 2.75. The first kappa shape index (κ1) is 10.7. The van der Waals surface area contributed by atoms with E-state index in [9.17, 15) is 0 Å². The van der Waals surface area contributed by atoms with Crippen LogP contribution in [0.4, 0.5) is 0 Å². The molecule has 3 aromatic rings. The molecule has 0 N–H and O–H groups in total. The SMILES string of the molecule is Cc1ccc(-c2nncn2-c2ccccc2)cn1. The first-order chi connectivity index (χ1) is 8.84. The molecule has 0 saturated heterocycles. The molecule has 0 bridgehead atoms. The van der Waals surface area contributed by atoms with Gasteiger partial charge < -0.3 is 0 Å². The monoisotopic (exact) mass is 236 g/mol. The molecule has 18 heavy (non-hydrogen) atoms. The quantitative estimate of drug-likeness (QED) is 0.687. The lowest BCUT2D eigenvalue weighted by atomic mass is 10.2. The van der Waals surface area contributed by atoms with Crippen molar-refractivity contribution in [3.05, 3.63) is 60.7 Å². The fraction of sp³-hybridized carbons (Fsp3) is 0.0714. The van der Waals surface area contributed by atoms with Crippen LogP contribution >= 0.6 is 0 Å². The van der Waals surface area contributed by atoms with Crippen LogP contribution in [0.15, 0.2) is 55.0 Å². The van der Waals surface area contributed by atoms with Crippen LogP contribution in [-0.2, 0) is 0 Å². The normalized spacial score (nSPS) is 10.5. The first-order valence-corrected chi connectivity index (χ1v) is 5.73. The van der Waals surface area contributed by atoms with Crippen molar-refractivity contribution in [1.82, 2.24) is 19.7 Å². The van der Waals surface area contributed by atoms with E-state index in [0.717, 1.165) is 22.8 Å². The smallest absolute Gasteiger partial charge is 0.169 e. The van der Waals surface area contributed by atoms with Crippen molar-refractivity contribution < 1.29 is 0 Å². The van der Waals surface area contributed by atoms with E-state index in [1.54, 1.807) is 6.33 Å². The number of benzene rings is 1. The van der Waals surface area contributed by atoms with E-state index in [1.165, 1.54) is 0 Å². The minimum absolute atomic E-state index is 0.800. The van der Waals surface area contributed by atoms with Crippen LogP contribution in [0.2, 0.25) is 0 Å². The van der Waals surface area contributed by atoms with Crippen LogP contribution in [0.3, 0.4) is 0 Å². The maximum atomic E-state index is 4.29. The highest BCUT2D eigenvalue weighted by Crippen LogP contribution is 2.19. The Morgan fingerprint density at radius 3 is 2.56 bits per heavy atom. The van der Waals surface area contributed by atoms with Crippen LogP contribution in [-0.4, -0.2) is 19.7 Å². The molecule has 0 aliphatic rings. The number of nitrogens with zero attached hydrogens (tertiary/aromatic N) is 4. The fourth-order valence-corrected chi connectivity index (χ4v) is 1.81. The van der Waals surface area contributed by atoms with E-state index in [4.69, 9.17) is 0 Å². The van der Waals surface area contributed by atoms with Crippen molar-refractivity contribution in [3.63, 3.8) is 0 Å². The molecule has 2 heterocycles. The van der Waals surface area contributed by atoms with Crippen molar-refractivity contribution in [1.29, 1.82) is 0 Å². The molecule has 0 spiro atoms. The lowest BCUT2D eigenvalue weighted by molar-refractivity contribution is 1.06. The highest BCUT2D eigenvalue weighted by atomic mass is 15.3. The summed E-state index contributed by atoms with van der Waals surface area (Å²) < 4.78 is 1.95. The van der Waals surface area contributed by atoms with Gasteiger partial charge in [0.05, 0.1) is 0 Å². The molecule has 1 aromatic carbocycles. The maximum absolute atomic E-state index is 4.29. The summed E-state index contributed by atoms with van der Waals surface area (Å²) >= 11 is 0. The Kier molecular flexibility index (Phi) is 2.61. The molecule has 0 aliphatic carbocycles. The van der Waals surface area contributed by atoms with E-state index in [0.29, 0.717) is 0 Å². The number of aryl methyl sites for hydroxylation is 1. The van der Waals surface area contributed by atoms with Gasteiger partial charge in [0.25, 0.3) is 0 Å². The Hall–Kier alpha value is -2.49. The van der Waals surface area contributed by atoms with Crippen LogP contribution in [0.25, 0.3) is 17.1 Å². The number of hydrogen-bond acceptors (Lipinski definition) is 3. The maximum Gasteiger partial charge on any atom is 0.169 e. The van der Waals surface area contributed by atoms with E-state index in [-0.39, 0.29) is 0 Å². The van der Waals surface area contributed by atoms with Gasteiger partial charge >= 0.3 is 0 Å². The van der Waals surface area contributed by atoms with Gasteiger partial charge in [0.1, 0.15) is 6.33 Å². The second-order valence-corrected chi connectivity index (χ2v) is 4.05. The van der Waals surface area contributed by atoms with Crippen molar-refractivity contribution in [3.8, 4) is 17.1 Å². The largest absolute Gasteiger partial charge is 0.282 e. The Labute approximate surface area is 105 Å². The molecule has 3 rings (SSSR count). The summed E-state index contributed by atoms with van der Waals surface area (Å²) in [6.07, 6.45) is 3.53. The van der Waals surface area contributed by atoms with E-state index in [1.807, 2.05) is 60.2 Å². The molecule has 4 nitrogen and oxygen atoms in total. The van der Waals surface area contributed by atoms with Crippen molar-refractivity contribution in [2.75, 3.05) is 0 Å². The summed E-state index contributed by atoms with van der Waals surface area (Å²) in [6.45, 7) is 1.96. The zero-order chi connectivity index (χ0) is 12.4. The van der Waals surface area contributed by atoms with Gasteiger partial charge in [0, 0.05) is 23.1 Å². The number of pyridine rings is 1. The molecule has 0 amide bonds. The lowest BCUT2D eigenvalue weighted by Crippen LogP contribution is -1.96. The van der Waals surface area contributed by atoms with Crippen molar-refractivity contribution in [2.45, 2.75) is 6.92 Å². The van der Waals surface area contributed by atoms with Gasteiger partial charge in [0.2, 0.25) is 0 Å². The van der Waals surface area contributed by atoms with Gasteiger partial charge in [-0.15, -0.1) is 10.2 Å². The Bertz CT molecular complexity index is 641. The highest BCUT2D eigenvalue weighted by molar-refractivity contribution is 5.56. The molecule has 88 valence electrons. The summed E-state index contributed by atoms with van der Waals surface area (Å²) in [5, 5.41) is 8.15. The predicted octanol–water partition coefficient (Wildman–Crippen LogP) is 2.64. The van der Waals surface area contributed by atoms with E-state index in [2.05, 4.69) is 15.2 Å². The summed E-state index contributed by atoms with van der Waals surface area (Å²) in [7, 11) is 0. The number of aromatic nitrogens is 4. The molecule has 2 aromatic heterocycles. The Morgan fingerprint density at radius 2 is 1.83 bits per heavy atom. The van der Waals surface area contributed by atoms with Crippen LogP contribution in [0, 0.1) is 6.92 Å². The van der Waals surface area contributed by atoms with Gasteiger partial charge in [-0.2, -0.15) is 0 Å². The lowest BCUT2D eigenvalue weighted by Gasteiger charge is -2.06. The summed E-state index contributed by atoms with van der Waals surface area (Å²) in [6, 6.07) is 14.0. The van der Waals surface area contributed by atoms with Gasteiger partial charge in [-0.05, 0) is 31.2 Å². The standard InChI is InChI=1S/C14H12N4/c1-11-7-8-12(9-15-11)14-17-16-10-18(14)13-5-3-2-4-6-13/h2-10H,1H3. The first-order valence-electron chi connectivity index (χ1n) is 5.73. The van der Waals surface area contributed by atoms with Gasteiger partial charge in [-0.3, -0.25) is 9.55 Å². The molecule has 0 fully saturated rings. The topological polar surface area (TPSA) is 43.6 Å². The van der Waals surface area contributed by atoms with Crippen LogP contribution in [0.1, 0.15) is 5.69 Å². The minimum Gasteiger partial charge on any atom is -0.282 e. The molecular formula is C14H12N4. The molecule has 0 radical (unpaired) electrons. The zero-order valence-electron chi connectivity index (χ0n) is 9.99. The second-order valence-electron chi connectivity index (χ2n) is 4.05. The van der Waals surface area contributed by atoms with Gasteiger partial charge in [-0.25, -0.2) is 0 Å².